The lowest BCUT2D eigenvalue weighted by atomic mass is 9.96. The quantitative estimate of drug-likeness (QED) is 0.164. The van der Waals surface area contributed by atoms with Crippen LogP contribution in [0.3, 0.4) is 0 Å². The summed E-state index contributed by atoms with van der Waals surface area (Å²) in [6.07, 6.45) is 0. The van der Waals surface area contributed by atoms with Gasteiger partial charge in [-0.05, 0) is 105 Å². The van der Waals surface area contributed by atoms with E-state index < -0.39 is 0 Å². The highest BCUT2D eigenvalue weighted by atomic mass is 16.4. The predicted octanol–water partition coefficient (Wildman–Crippen LogP) is 15.0. The Hall–Kier alpha value is -7.69. The van der Waals surface area contributed by atoms with E-state index in [-0.39, 0.29) is 0 Å². The number of nitrogens with zero attached hydrogens (tertiary/aromatic N) is 2. The first kappa shape index (κ1) is 32.7. The molecule has 4 nitrogen and oxygen atoms in total. The van der Waals surface area contributed by atoms with Crippen LogP contribution < -0.4 is 4.90 Å². The highest BCUT2D eigenvalue weighted by molar-refractivity contribution is 6.17. The standard InChI is InChI=1S/C53H34N2O2/c1-4-12-35(13-5-1)36-20-25-41(26-21-36)55(48-32-30-43(38-14-6-2-7-15-38)44-18-10-11-19-45(44)48)42-27-22-37(23-28-42)40-24-29-46-50(34-40)56-49-33-31-47-52(51(46)49)57-53(54-47)39-16-8-3-9-17-39/h1-34H. The van der Waals surface area contributed by atoms with Crippen molar-refractivity contribution in [2.24, 2.45) is 0 Å². The van der Waals surface area contributed by atoms with Gasteiger partial charge in [0.15, 0.2) is 5.58 Å². The number of oxazole rings is 1. The second-order valence-corrected chi connectivity index (χ2v) is 14.3. The SMILES string of the molecule is c1ccc(-c2ccc(N(c3ccc(-c4ccc5c(c4)oc4ccc6nc(-c7ccccc7)oc6c45)cc3)c3ccc(-c4ccccc4)c4ccccc34)cc2)cc1. The van der Waals surface area contributed by atoms with Crippen LogP contribution in [0, 0.1) is 0 Å². The van der Waals surface area contributed by atoms with Crippen molar-refractivity contribution < 1.29 is 8.83 Å². The molecule has 0 aliphatic heterocycles. The number of rotatable bonds is 7. The number of benzene rings is 9. The van der Waals surface area contributed by atoms with Crippen molar-refractivity contribution >= 4 is 60.9 Å². The summed E-state index contributed by atoms with van der Waals surface area (Å²) in [4.78, 5) is 7.16. The number of hydrogen-bond acceptors (Lipinski definition) is 4. The maximum atomic E-state index is 6.44. The monoisotopic (exact) mass is 730 g/mol. The Labute approximate surface area is 329 Å². The first-order valence-corrected chi connectivity index (χ1v) is 19.2. The topological polar surface area (TPSA) is 42.4 Å². The molecule has 2 aromatic heterocycles. The summed E-state index contributed by atoms with van der Waals surface area (Å²) in [5, 5.41) is 4.34. The second-order valence-electron chi connectivity index (χ2n) is 14.3. The summed E-state index contributed by atoms with van der Waals surface area (Å²) in [7, 11) is 0. The number of hydrogen-bond donors (Lipinski definition) is 0. The van der Waals surface area contributed by atoms with Gasteiger partial charge in [-0.15, -0.1) is 0 Å². The van der Waals surface area contributed by atoms with Crippen molar-refractivity contribution in [3.8, 4) is 44.8 Å². The van der Waals surface area contributed by atoms with Crippen molar-refractivity contribution in [3.05, 3.63) is 206 Å². The maximum absolute atomic E-state index is 6.44. The van der Waals surface area contributed by atoms with Gasteiger partial charge in [0.1, 0.15) is 16.7 Å². The van der Waals surface area contributed by atoms with Crippen LogP contribution in [-0.2, 0) is 0 Å². The molecule has 0 amide bonds. The first-order valence-electron chi connectivity index (χ1n) is 19.2. The molecule has 2 heterocycles. The van der Waals surface area contributed by atoms with Crippen LogP contribution in [0.2, 0.25) is 0 Å². The Bertz CT molecular complexity index is 3200. The number of aromatic nitrogens is 1. The lowest BCUT2D eigenvalue weighted by Gasteiger charge is -2.28. The molecular formula is C53H34N2O2. The zero-order valence-electron chi connectivity index (χ0n) is 30.8. The minimum Gasteiger partial charge on any atom is -0.456 e. The fraction of sp³-hybridized carbons (Fsp3) is 0. The van der Waals surface area contributed by atoms with Gasteiger partial charge in [0, 0.05) is 27.7 Å². The lowest BCUT2D eigenvalue weighted by Crippen LogP contribution is -2.10. The minimum absolute atomic E-state index is 0.602. The van der Waals surface area contributed by atoms with E-state index in [4.69, 9.17) is 13.8 Å². The van der Waals surface area contributed by atoms with E-state index in [1.54, 1.807) is 0 Å². The van der Waals surface area contributed by atoms with Gasteiger partial charge in [-0.3, -0.25) is 0 Å². The molecule has 0 aliphatic carbocycles. The minimum atomic E-state index is 0.602. The maximum Gasteiger partial charge on any atom is 0.227 e. The Balaban J connectivity index is 0.998. The average Bonchev–Trinajstić information content (AvgIpc) is 3.90. The Morgan fingerprint density at radius 1 is 0.368 bits per heavy atom. The van der Waals surface area contributed by atoms with Crippen LogP contribution in [0.1, 0.15) is 0 Å². The van der Waals surface area contributed by atoms with Gasteiger partial charge in [0.25, 0.3) is 0 Å². The molecule has 0 aliphatic rings. The van der Waals surface area contributed by atoms with Gasteiger partial charge < -0.3 is 13.7 Å². The molecule has 0 spiro atoms. The van der Waals surface area contributed by atoms with Gasteiger partial charge in [-0.1, -0.05) is 140 Å². The van der Waals surface area contributed by atoms with Gasteiger partial charge >= 0.3 is 0 Å². The van der Waals surface area contributed by atoms with Crippen LogP contribution >= 0.6 is 0 Å². The zero-order valence-corrected chi connectivity index (χ0v) is 30.8. The van der Waals surface area contributed by atoms with E-state index in [9.17, 15) is 0 Å². The van der Waals surface area contributed by atoms with Crippen molar-refractivity contribution in [1.29, 1.82) is 0 Å². The van der Waals surface area contributed by atoms with Crippen LogP contribution in [0.25, 0.3) is 88.6 Å². The molecular weight excluding hydrogens is 697 g/mol. The Morgan fingerprint density at radius 3 is 1.61 bits per heavy atom. The molecule has 11 aromatic rings. The van der Waals surface area contributed by atoms with Gasteiger partial charge in [0.05, 0.1) is 11.1 Å². The van der Waals surface area contributed by atoms with Gasteiger partial charge in [-0.2, -0.15) is 0 Å². The molecule has 0 fully saturated rings. The van der Waals surface area contributed by atoms with E-state index in [0.717, 1.165) is 66.8 Å². The van der Waals surface area contributed by atoms with E-state index in [1.165, 1.54) is 33.0 Å². The summed E-state index contributed by atoms with van der Waals surface area (Å²) < 4.78 is 12.8. The highest BCUT2D eigenvalue weighted by Crippen LogP contribution is 2.43. The number of anilines is 3. The average molecular weight is 731 g/mol. The predicted molar refractivity (Wildman–Crippen MR) is 235 cm³/mol. The van der Waals surface area contributed by atoms with Crippen molar-refractivity contribution in [3.63, 3.8) is 0 Å². The van der Waals surface area contributed by atoms with Crippen LogP contribution in [0.15, 0.2) is 215 Å². The molecule has 57 heavy (non-hydrogen) atoms. The van der Waals surface area contributed by atoms with Crippen LogP contribution in [-0.4, -0.2) is 4.98 Å². The second kappa shape index (κ2) is 13.6. The summed E-state index contributed by atoms with van der Waals surface area (Å²) >= 11 is 0. The largest absolute Gasteiger partial charge is 0.456 e. The molecule has 4 heteroatoms. The zero-order chi connectivity index (χ0) is 37.7. The molecule has 0 atom stereocenters. The third kappa shape index (κ3) is 5.74. The third-order valence-electron chi connectivity index (χ3n) is 10.9. The van der Waals surface area contributed by atoms with E-state index >= 15 is 0 Å². The summed E-state index contributed by atoms with van der Waals surface area (Å²) in [5.41, 5.74) is 14.3. The van der Waals surface area contributed by atoms with Gasteiger partial charge in [0.2, 0.25) is 5.89 Å². The number of fused-ring (bicyclic) bond motifs is 6. The molecule has 11 rings (SSSR count). The Kier molecular flexibility index (Phi) is 7.78. The van der Waals surface area contributed by atoms with E-state index in [2.05, 4.69) is 169 Å². The fourth-order valence-corrected chi connectivity index (χ4v) is 8.14. The van der Waals surface area contributed by atoms with Crippen LogP contribution in [0.4, 0.5) is 17.1 Å². The van der Waals surface area contributed by atoms with E-state index in [1.807, 2.05) is 42.5 Å². The molecule has 0 N–H and O–H groups in total. The highest BCUT2D eigenvalue weighted by Gasteiger charge is 2.20. The fourth-order valence-electron chi connectivity index (χ4n) is 8.14. The summed E-state index contributed by atoms with van der Waals surface area (Å²) in [6, 6.07) is 72.5. The molecule has 0 saturated carbocycles. The summed E-state index contributed by atoms with van der Waals surface area (Å²) in [5.74, 6) is 0.602. The van der Waals surface area contributed by atoms with Crippen molar-refractivity contribution in [2.75, 3.05) is 4.90 Å². The number of furan rings is 1. The summed E-state index contributed by atoms with van der Waals surface area (Å²) in [6.45, 7) is 0. The van der Waals surface area contributed by atoms with Gasteiger partial charge in [-0.25, -0.2) is 4.98 Å². The third-order valence-corrected chi connectivity index (χ3v) is 10.9. The lowest BCUT2D eigenvalue weighted by molar-refractivity contribution is 0.622. The van der Waals surface area contributed by atoms with Crippen molar-refractivity contribution in [1.82, 2.24) is 4.98 Å². The smallest absolute Gasteiger partial charge is 0.227 e. The molecule has 0 unspecified atom stereocenters. The molecule has 0 radical (unpaired) electrons. The normalized spacial score (nSPS) is 11.5. The van der Waals surface area contributed by atoms with E-state index in [0.29, 0.717) is 5.89 Å². The molecule has 268 valence electrons. The molecule has 0 bridgehead atoms. The first-order chi connectivity index (χ1) is 28.2. The molecule has 0 saturated heterocycles. The Morgan fingerprint density at radius 2 is 0.930 bits per heavy atom. The van der Waals surface area contributed by atoms with Crippen LogP contribution in [0.5, 0.6) is 0 Å². The molecule has 9 aromatic carbocycles. The van der Waals surface area contributed by atoms with Crippen molar-refractivity contribution in [2.45, 2.75) is 0 Å².